The van der Waals surface area contributed by atoms with E-state index in [1.165, 1.54) is 12.1 Å². The van der Waals surface area contributed by atoms with E-state index in [2.05, 4.69) is 5.10 Å². The number of carbonyl (C=O) groups excluding carboxylic acids is 1. The van der Waals surface area contributed by atoms with E-state index >= 15 is 0 Å². The summed E-state index contributed by atoms with van der Waals surface area (Å²) in [5.74, 6) is -0.313. The summed E-state index contributed by atoms with van der Waals surface area (Å²) in [5, 5.41) is 4.08. The molecule has 0 aliphatic carbocycles. The molecule has 1 amide bonds. The lowest BCUT2D eigenvalue weighted by atomic mass is 10.2. The van der Waals surface area contributed by atoms with Crippen molar-refractivity contribution in [2.75, 3.05) is 6.54 Å². The Morgan fingerprint density at radius 1 is 1.45 bits per heavy atom. The minimum atomic E-state index is -0.362. The van der Waals surface area contributed by atoms with Gasteiger partial charge in [0.25, 0.3) is 0 Å². The van der Waals surface area contributed by atoms with E-state index in [0.717, 1.165) is 5.56 Å². The molecule has 20 heavy (non-hydrogen) atoms. The molecule has 0 radical (unpaired) electrons. The SMILES string of the molecule is CCN(Cc1cccc(F)c1)C(=O)C(C)n1cccn1. The molecule has 0 bridgehead atoms. The molecule has 0 fully saturated rings. The zero-order valence-electron chi connectivity index (χ0n) is 11.7. The molecule has 0 spiro atoms. The Bertz CT molecular complexity index is 568. The van der Waals surface area contributed by atoms with Gasteiger partial charge in [-0.2, -0.15) is 5.10 Å². The highest BCUT2D eigenvalue weighted by Gasteiger charge is 2.21. The number of amides is 1. The Kier molecular flexibility index (Phi) is 4.50. The Morgan fingerprint density at radius 3 is 2.85 bits per heavy atom. The summed E-state index contributed by atoms with van der Waals surface area (Å²) in [6, 6.07) is 7.74. The molecule has 0 saturated heterocycles. The summed E-state index contributed by atoms with van der Waals surface area (Å²) >= 11 is 0. The van der Waals surface area contributed by atoms with Crippen LogP contribution < -0.4 is 0 Å². The van der Waals surface area contributed by atoms with Crippen LogP contribution >= 0.6 is 0 Å². The molecule has 4 nitrogen and oxygen atoms in total. The van der Waals surface area contributed by atoms with Crippen LogP contribution in [0.2, 0.25) is 0 Å². The highest BCUT2D eigenvalue weighted by atomic mass is 19.1. The van der Waals surface area contributed by atoms with Gasteiger partial charge in [-0.25, -0.2) is 4.39 Å². The number of aromatic nitrogens is 2. The molecule has 1 heterocycles. The van der Waals surface area contributed by atoms with E-state index in [9.17, 15) is 9.18 Å². The molecule has 1 atom stereocenters. The molecule has 106 valence electrons. The van der Waals surface area contributed by atoms with Gasteiger partial charge in [0, 0.05) is 25.5 Å². The summed E-state index contributed by atoms with van der Waals surface area (Å²) in [6.45, 7) is 4.69. The number of likely N-dealkylation sites (N-methyl/N-ethyl adjacent to an activating group) is 1. The van der Waals surface area contributed by atoms with Crippen molar-refractivity contribution in [2.24, 2.45) is 0 Å². The van der Waals surface area contributed by atoms with Crippen LogP contribution in [0.15, 0.2) is 42.7 Å². The fraction of sp³-hybridized carbons (Fsp3) is 0.333. The smallest absolute Gasteiger partial charge is 0.247 e. The van der Waals surface area contributed by atoms with Crippen molar-refractivity contribution in [3.8, 4) is 0 Å². The summed E-state index contributed by atoms with van der Waals surface area (Å²) < 4.78 is 14.8. The van der Waals surface area contributed by atoms with Crippen molar-refractivity contribution in [2.45, 2.75) is 26.4 Å². The molecular weight excluding hydrogens is 257 g/mol. The third kappa shape index (κ3) is 3.23. The van der Waals surface area contributed by atoms with Gasteiger partial charge in [-0.3, -0.25) is 9.48 Å². The van der Waals surface area contributed by atoms with Gasteiger partial charge in [0.05, 0.1) is 0 Å². The van der Waals surface area contributed by atoms with Crippen LogP contribution in [0.3, 0.4) is 0 Å². The predicted molar refractivity (Wildman–Crippen MR) is 74.4 cm³/mol. The Balaban J connectivity index is 2.10. The summed E-state index contributed by atoms with van der Waals surface area (Å²) in [5.41, 5.74) is 0.785. The molecule has 0 aliphatic heterocycles. The third-order valence-electron chi connectivity index (χ3n) is 3.23. The second-order valence-corrected chi connectivity index (χ2v) is 4.64. The van der Waals surface area contributed by atoms with Gasteiger partial charge in [0.2, 0.25) is 5.91 Å². The second kappa shape index (κ2) is 6.32. The molecule has 1 aromatic heterocycles. The topological polar surface area (TPSA) is 38.1 Å². The number of nitrogens with zero attached hydrogens (tertiary/aromatic N) is 3. The van der Waals surface area contributed by atoms with Crippen LogP contribution in [0.1, 0.15) is 25.5 Å². The predicted octanol–water partition coefficient (Wildman–Crippen LogP) is 2.63. The lowest BCUT2D eigenvalue weighted by molar-refractivity contribution is -0.135. The Labute approximate surface area is 117 Å². The second-order valence-electron chi connectivity index (χ2n) is 4.64. The average Bonchev–Trinajstić information content (AvgIpc) is 2.97. The fourth-order valence-electron chi connectivity index (χ4n) is 2.09. The van der Waals surface area contributed by atoms with Gasteiger partial charge in [-0.15, -0.1) is 0 Å². The van der Waals surface area contributed by atoms with Crippen molar-refractivity contribution < 1.29 is 9.18 Å². The van der Waals surface area contributed by atoms with Gasteiger partial charge in [-0.1, -0.05) is 12.1 Å². The first kappa shape index (κ1) is 14.2. The summed E-state index contributed by atoms with van der Waals surface area (Å²) in [6.07, 6.45) is 3.41. The van der Waals surface area contributed by atoms with Crippen LogP contribution in [0.25, 0.3) is 0 Å². The molecule has 1 aromatic carbocycles. The maximum absolute atomic E-state index is 13.2. The molecule has 5 heteroatoms. The monoisotopic (exact) mass is 275 g/mol. The third-order valence-corrected chi connectivity index (χ3v) is 3.23. The molecule has 1 unspecified atom stereocenters. The van der Waals surface area contributed by atoms with Gasteiger partial charge >= 0.3 is 0 Å². The zero-order valence-corrected chi connectivity index (χ0v) is 11.7. The number of hydrogen-bond donors (Lipinski definition) is 0. The van der Waals surface area contributed by atoms with E-state index in [-0.39, 0.29) is 17.8 Å². The van der Waals surface area contributed by atoms with E-state index < -0.39 is 0 Å². The zero-order chi connectivity index (χ0) is 14.5. The molecular formula is C15H18FN3O. The lowest BCUT2D eigenvalue weighted by Gasteiger charge is -2.24. The Hall–Kier alpha value is -2.17. The number of halogens is 1. The maximum atomic E-state index is 13.2. The van der Waals surface area contributed by atoms with Crippen LogP contribution in [-0.2, 0) is 11.3 Å². The van der Waals surface area contributed by atoms with Crippen molar-refractivity contribution >= 4 is 5.91 Å². The van der Waals surface area contributed by atoms with Crippen LogP contribution in [0.4, 0.5) is 4.39 Å². The van der Waals surface area contributed by atoms with Crippen LogP contribution in [0.5, 0.6) is 0 Å². The standard InChI is InChI=1S/C15H18FN3O/c1-3-18(11-13-6-4-7-14(16)10-13)15(20)12(2)19-9-5-8-17-19/h4-10,12H,3,11H2,1-2H3. The van der Waals surface area contributed by atoms with Gasteiger partial charge in [0.1, 0.15) is 11.9 Å². The van der Waals surface area contributed by atoms with E-state index in [1.807, 2.05) is 19.9 Å². The number of carbonyl (C=O) groups is 1. The van der Waals surface area contributed by atoms with Crippen molar-refractivity contribution in [3.63, 3.8) is 0 Å². The van der Waals surface area contributed by atoms with Crippen LogP contribution in [0, 0.1) is 5.82 Å². The fourth-order valence-corrected chi connectivity index (χ4v) is 2.09. The normalized spacial score (nSPS) is 12.2. The van der Waals surface area contributed by atoms with Gasteiger partial charge in [0.15, 0.2) is 0 Å². The lowest BCUT2D eigenvalue weighted by Crippen LogP contribution is -2.35. The van der Waals surface area contributed by atoms with E-state index in [0.29, 0.717) is 13.1 Å². The largest absolute Gasteiger partial charge is 0.337 e. The van der Waals surface area contributed by atoms with Gasteiger partial charge < -0.3 is 4.90 Å². The highest BCUT2D eigenvalue weighted by Crippen LogP contribution is 2.13. The first-order valence-electron chi connectivity index (χ1n) is 6.64. The first-order chi connectivity index (χ1) is 9.61. The average molecular weight is 275 g/mol. The van der Waals surface area contributed by atoms with E-state index in [1.54, 1.807) is 34.1 Å². The molecule has 0 saturated carbocycles. The minimum Gasteiger partial charge on any atom is -0.337 e. The number of hydrogen-bond acceptors (Lipinski definition) is 2. The van der Waals surface area contributed by atoms with Crippen molar-refractivity contribution in [1.82, 2.24) is 14.7 Å². The summed E-state index contributed by atoms with van der Waals surface area (Å²) in [7, 11) is 0. The van der Waals surface area contributed by atoms with Crippen molar-refractivity contribution in [1.29, 1.82) is 0 Å². The molecule has 0 N–H and O–H groups in total. The van der Waals surface area contributed by atoms with Crippen LogP contribution in [-0.4, -0.2) is 27.1 Å². The quantitative estimate of drug-likeness (QED) is 0.841. The Morgan fingerprint density at radius 2 is 2.25 bits per heavy atom. The summed E-state index contributed by atoms with van der Waals surface area (Å²) in [4.78, 5) is 14.1. The highest BCUT2D eigenvalue weighted by molar-refractivity contribution is 5.79. The number of benzene rings is 1. The first-order valence-corrected chi connectivity index (χ1v) is 6.64. The molecule has 0 aliphatic rings. The molecule has 2 rings (SSSR count). The number of rotatable bonds is 5. The molecule has 2 aromatic rings. The maximum Gasteiger partial charge on any atom is 0.247 e. The van der Waals surface area contributed by atoms with Gasteiger partial charge in [-0.05, 0) is 37.6 Å². The minimum absolute atomic E-state index is 0.0274. The van der Waals surface area contributed by atoms with Crippen molar-refractivity contribution in [3.05, 3.63) is 54.1 Å². The van der Waals surface area contributed by atoms with E-state index in [4.69, 9.17) is 0 Å².